The number of fused-ring (bicyclic) bond motifs is 2. The van der Waals surface area contributed by atoms with Gasteiger partial charge >= 0.3 is 6.03 Å². The Labute approximate surface area is 249 Å². The molecule has 8 nitrogen and oxygen atoms in total. The summed E-state index contributed by atoms with van der Waals surface area (Å²) in [5.74, 6) is 1.07. The minimum atomic E-state index is -0.401. The predicted molar refractivity (Wildman–Crippen MR) is 168 cm³/mol. The molecule has 1 aliphatic heterocycles. The first-order valence-electron chi connectivity index (χ1n) is 15.3. The number of nitrogens with one attached hydrogen (secondary N) is 2. The number of carbonyl (C=O) groups is 2. The number of aliphatic hydroxyl groups excluding tert-OH is 1. The van der Waals surface area contributed by atoms with Gasteiger partial charge in [-0.3, -0.25) is 4.79 Å². The fraction of sp³-hybridized carbons (Fsp3) is 0.471. The molecule has 0 bridgehead atoms. The molecule has 5 rings (SSSR count). The van der Waals surface area contributed by atoms with Gasteiger partial charge in [0.05, 0.1) is 23.9 Å². The number of urea groups is 1. The molecule has 3 aromatic carbocycles. The fourth-order valence-electron chi connectivity index (χ4n) is 6.33. The van der Waals surface area contributed by atoms with E-state index in [4.69, 9.17) is 4.74 Å². The number of amides is 3. The van der Waals surface area contributed by atoms with E-state index in [1.165, 1.54) is 32.1 Å². The second-order valence-electron chi connectivity index (χ2n) is 12.2. The largest absolute Gasteiger partial charge is 0.488 e. The Morgan fingerprint density at radius 3 is 2.60 bits per heavy atom. The van der Waals surface area contributed by atoms with Crippen LogP contribution in [0.5, 0.6) is 5.75 Å². The van der Waals surface area contributed by atoms with Crippen molar-refractivity contribution in [3.63, 3.8) is 0 Å². The molecule has 42 heavy (non-hydrogen) atoms. The Kier molecular flexibility index (Phi) is 9.65. The maximum atomic E-state index is 13.8. The Morgan fingerprint density at radius 1 is 1.05 bits per heavy atom. The van der Waals surface area contributed by atoms with E-state index in [2.05, 4.69) is 29.5 Å². The van der Waals surface area contributed by atoms with Crippen LogP contribution in [-0.2, 0) is 0 Å². The van der Waals surface area contributed by atoms with Crippen LogP contribution in [-0.4, -0.2) is 72.3 Å². The third kappa shape index (κ3) is 7.05. The van der Waals surface area contributed by atoms with Crippen LogP contribution in [0, 0.1) is 11.8 Å². The molecule has 1 fully saturated rings. The van der Waals surface area contributed by atoms with E-state index in [0.717, 1.165) is 29.8 Å². The third-order valence-electron chi connectivity index (χ3n) is 8.75. The number of anilines is 2. The minimum Gasteiger partial charge on any atom is -0.488 e. The zero-order chi connectivity index (χ0) is 29.6. The smallest absolute Gasteiger partial charge is 0.323 e. The molecule has 8 heteroatoms. The lowest BCUT2D eigenvalue weighted by molar-refractivity contribution is 0.0330. The highest BCUT2D eigenvalue weighted by atomic mass is 16.5. The lowest BCUT2D eigenvalue weighted by atomic mass is 9.89. The van der Waals surface area contributed by atoms with Crippen molar-refractivity contribution >= 4 is 34.1 Å². The van der Waals surface area contributed by atoms with E-state index < -0.39 is 6.03 Å². The molecule has 224 valence electrons. The number of nitrogens with zero attached hydrogens (tertiary/aromatic N) is 2. The second-order valence-corrected chi connectivity index (χ2v) is 12.2. The molecule has 0 unspecified atom stereocenters. The highest BCUT2D eigenvalue weighted by Gasteiger charge is 2.34. The van der Waals surface area contributed by atoms with Gasteiger partial charge in [-0.25, -0.2) is 4.79 Å². The van der Waals surface area contributed by atoms with Gasteiger partial charge in [-0.05, 0) is 62.4 Å². The molecule has 3 atom stereocenters. The Balaban J connectivity index is 1.35. The summed E-state index contributed by atoms with van der Waals surface area (Å²) in [6.45, 7) is 6.11. The molecule has 1 heterocycles. The van der Waals surface area contributed by atoms with Gasteiger partial charge in [0.1, 0.15) is 11.9 Å². The standard InChI is InChI=1S/C34H44N4O4/c1-23-19-38(24(2)22-39)33(40)29-18-27(35-34(41)36-30-15-9-13-26-12-7-8-14-28(26)30)16-17-31(29)42-32(23)21-37(3)20-25-10-5-4-6-11-25/h7-9,12-18,23-25,32,39H,4-6,10-11,19-22H2,1-3H3,(H2,35,36,41)/t23-,24-,32+/m1/s1. The maximum absolute atomic E-state index is 13.8. The fourth-order valence-corrected chi connectivity index (χ4v) is 6.33. The molecule has 3 amide bonds. The summed E-state index contributed by atoms with van der Waals surface area (Å²) in [5.41, 5.74) is 1.57. The molecule has 0 saturated heterocycles. The van der Waals surface area contributed by atoms with E-state index in [1.54, 1.807) is 23.1 Å². The summed E-state index contributed by atoms with van der Waals surface area (Å²) in [4.78, 5) is 30.9. The van der Waals surface area contributed by atoms with Gasteiger partial charge in [0, 0.05) is 36.6 Å². The van der Waals surface area contributed by atoms with Crippen LogP contribution < -0.4 is 15.4 Å². The van der Waals surface area contributed by atoms with Crippen molar-refractivity contribution in [1.29, 1.82) is 0 Å². The van der Waals surface area contributed by atoms with E-state index in [9.17, 15) is 14.7 Å². The molecule has 1 saturated carbocycles. The molecular formula is C34H44N4O4. The van der Waals surface area contributed by atoms with Crippen LogP contribution >= 0.6 is 0 Å². The van der Waals surface area contributed by atoms with Gasteiger partial charge in [0.2, 0.25) is 0 Å². The number of carbonyl (C=O) groups excluding carboxylic acids is 2. The van der Waals surface area contributed by atoms with Gasteiger partial charge in [0.15, 0.2) is 0 Å². The summed E-state index contributed by atoms with van der Waals surface area (Å²) in [7, 11) is 2.16. The SMILES string of the molecule is C[C@@H]1CN([C@H](C)CO)C(=O)c2cc(NC(=O)Nc3cccc4ccccc34)ccc2O[C@H]1CN(C)CC1CCCCC1. The van der Waals surface area contributed by atoms with Crippen molar-refractivity contribution in [3.05, 3.63) is 66.2 Å². The van der Waals surface area contributed by atoms with Crippen molar-refractivity contribution in [2.75, 3.05) is 43.9 Å². The van der Waals surface area contributed by atoms with Gasteiger partial charge in [-0.15, -0.1) is 0 Å². The number of ether oxygens (including phenoxy) is 1. The van der Waals surface area contributed by atoms with Gasteiger partial charge in [-0.1, -0.05) is 62.6 Å². The van der Waals surface area contributed by atoms with Gasteiger partial charge < -0.3 is 30.3 Å². The summed E-state index contributed by atoms with van der Waals surface area (Å²) in [6.07, 6.45) is 6.41. The zero-order valence-electron chi connectivity index (χ0n) is 25.0. The molecule has 2 aliphatic rings. The summed E-state index contributed by atoms with van der Waals surface area (Å²) < 4.78 is 6.56. The average Bonchev–Trinajstić information content (AvgIpc) is 2.99. The van der Waals surface area contributed by atoms with Crippen molar-refractivity contribution < 1.29 is 19.4 Å². The number of hydrogen-bond acceptors (Lipinski definition) is 5. The Morgan fingerprint density at radius 2 is 1.81 bits per heavy atom. The van der Waals surface area contributed by atoms with Crippen molar-refractivity contribution in [2.24, 2.45) is 11.8 Å². The summed E-state index contributed by atoms with van der Waals surface area (Å²) >= 11 is 0. The predicted octanol–water partition coefficient (Wildman–Crippen LogP) is 6.22. The Bertz CT molecular complexity index is 1380. The Hall–Kier alpha value is -3.62. The molecule has 0 radical (unpaired) electrons. The highest BCUT2D eigenvalue weighted by molar-refractivity contribution is 6.07. The lowest BCUT2D eigenvalue weighted by Crippen LogP contribution is -2.50. The van der Waals surface area contributed by atoms with Gasteiger partial charge in [0.25, 0.3) is 5.91 Å². The van der Waals surface area contributed by atoms with Crippen LogP contribution in [0.3, 0.4) is 0 Å². The summed E-state index contributed by atoms with van der Waals surface area (Å²) in [5, 5.41) is 17.8. The van der Waals surface area contributed by atoms with Crippen LogP contribution in [0.4, 0.5) is 16.2 Å². The first-order valence-corrected chi connectivity index (χ1v) is 15.3. The van der Waals surface area contributed by atoms with E-state index in [-0.39, 0.29) is 30.6 Å². The van der Waals surface area contributed by atoms with E-state index in [0.29, 0.717) is 29.2 Å². The lowest BCUT2D eigenvalue weighted by Gasteiger charge is -2.38. The molecule has 0 spiro atoms. The number of likely N-dealkylation sites (N-methyl/N-ethyl adjacent to an activating group) is 1. The molecule has 3 aromatic rings. The first kappa shape index (κ1) is 29.9. The van der Waals surface area contributed by atoms with Crippen LogP contribution in [0.1, 0.15) is 56.3 Å². The normalized spacial score (nSPS) is 20.4. The van der Waals surface area contributed by atoms with Crippen molar-refractivity contribution in [1.82, 2.24) is 9.80 Å². The molecule has 0 aromatic heterocycles. The van der Waals surface area contributed by atoms with E-state index in [1.807, 2.05) is 49.4 Å². The van der Waals surface area contributed by atoms with Crippen molar-refractivity contribution in [2.45, 2.75) is 58.1 Å². The number of rotatable bonds is 8. The average molecular weight is 573 g/mol. The molecular weight excluding hydrogens is 528 g/mol. The van der Waals surface area contributed by atoms with Gasteiger partial charge in [-0.2, -0.15) is 0 Å². The third-order valence-corrected chi connectivity index (χ3v) is 8.75. The quantitative estimate of drug-likeness (QED) is 0.298. The van der Waals surface area contributed by atoms with Crippen molar-refractivity contribution in [3.8, 4) is 5.75 Å². The second kappa shape index (κ2) is 13.6. The minimum absolute atomic E-state index is 0.0641. The molecule has 1 aliphatic carbocycles. The van der Waals surface area contributed by atoms with Crippen LogP contribution in [0.15, 0.2) is 60.7 Å². The highest BCUT2D eigenvalue weighted by Crippen LogP contribution is 2.32. The van der Waals surface area contributed by atoms with Crippen LogP contribution in [0.25, 0.3) is 10.8 Å². The molecule has 3 N–H and O–H groups in total. The van der Waals surface area contributed by atoms with E-state index >= 15 is 0 Å². The number of benzene rings is 3. The topological polar surface area (TPSA) is 94.1 Å². The zero-order valence-corrected chi connectivity index (χ0v) is 25.0. The summed E-state index contributed by atoms with van der Waals surface area (Å²) in [6, 6.07) is 18.1. The monoisotopic (exact) mass is 572 g/mol. The number of hydrogen-bond donors (Lipinski definition) is 3. The van der Waals surface area contributed by atoms with Crippen LogP contribution in [0.2, 0.25) is 0 Å². The maximum Gasteiger partial charge on any atom is 0.323 e. The number of aliphatic hydroxyl groups is 1. The first-order chi connectivity index (χ1) is 20.3.